The quantitative estimate of drug-likeness (QED) is 0.876. The normalized spacial score (nSPS) is 10.7. The van der Waals surface area contributed by atoms with Crippen LogP contribution in [0.1, 0.15) is 11.1 Å². The van der Waals surface area contributed by atoms with Crippen molar-refractivity contribution in [2.75, 3.05) is 0 Å². The van der Waals surface area contributed by atoms with Gasteiger partial charge >= 0.3 is 0 Å². The van der Waals surface area contributed by atoms with Gasteiger partial charge in [0.2, 0.25) is 0 Å². The number of aromatic nitrogens is 2. The SMILES string of the molecule is NCc1ccc(F)cc1Cn1cc(I)cn1. The number of nitrogens with two attached hydrogens (primary N) is 1. The molecule has 0 saturated heterocycles. The molecule has 1 aromatic heterocycles. The van der Waals surface area contributed by atoms with Gasteiger partial charge < -0.3 is 5.73 Å². The number of halogens is 2. The van der Waals surface area contributed by atoms with E-state index in [4.69, 9.17) is 5.73 Å². The smallest absolute Gasteiger partial charge is 0.123 e. The topological polar surface area (TPSA) is 43.8 Å². The van der Waals surface area contributed by atoms with Crippen LogP contribution in [0.2, 0.25) is 0 Å². The molecule has 2 rings (SSSR count). The van der Waals surface area contributed by atoms with Crippen LogP contribution in [-0.4, -0.2) is 9.78 Å². The Morgan fingerprint density at radius 3 is 2.81 bits per heavy atom. The van der Waals surface area contributed by atoms with Gasteiger partial charge in [0.25, 0.3) is 0 Å². The van der Waals surface area contributed by atoms with E-state index in [0.717, 1.165) is 14.7 Å². The van der Waals surface area contributed by atoms with Crippen molar-refractivity contribution in [2.24, 2.45) is 5.73 Å². The summed E-state index contributed by atoms with van der Waals surface area (Å²) in [5.74, 6) is -0.242. The second-order valence-corrected chi connectivity index (χ2v) is 4.72. The van der Waals surface area contributed by atoms with Gasteiger partial charge in [-0.1, -0.05) is 6.07 Å². The Kier molecular flexibility index (Phi) is 3.55. The van der Waals surface area contributed by atoms with Gasteiger partial charge in [0.05, 0.1) is 16.3 Å². The molecule has 0 saturated carbocycles. The maximum absolute atomic E-state index is 13.1. The van der Waals surface area contributed by atoms with Gasteiger partial charge in [0.15, 0.2) is 0 Å². The first kappa shape index (κ1) is 11.5. The highest BCUT2D eigenvalue weighted by Gasteiger charge is 2.04. The molecular weight excluding hydrogens is 320 g/mol. The van der Waals surface area contributed by atoms with Crippen molar-refractivity contribution in [2.45, 2.75) is 13.1 Å². The lowest BCUT2D eigenvalue weighted by atomic mass is 10.1. The van der Waals surface area contributed by atoms with E-state index >= 15 is 0 Å². The summed E-state index contributed by atoms with van der Waals surface area (Å²) >= 11 is 2.19. The van der Waals surface area contributed by atoms with E-state index in [1.807, 2.05) is 6.20 Å². The number of hydrogen-bond donors (Lipinski definition) is 1. The van der Waals surface area contributed by atoms with Gasteiger partial charge in [0.1, 0.15) is 5.82 Å². The van der Waals surface area contributed by atoms with E-state index in [2.05, 4.69) is 27.7 Å². The average molecular weight is 331 g/mol. The zero-order chi connectivity index (χ0) is 11.5. The van der Waals surface area contributed by atoms with E-state index in [1.165, 1.54) is 12.1 Å². The minimum atomic E-state index is -0.242. The summed E-state index contributed by atoms with van der Waals surface area (Å²) < 4.78 is 16.0. The van der Waals surface area contributed by atoms with Crippen molar-refractivity contribution in [3.63, 3.8) is 0 Å². The van der Waals surface area contributed by atoms with Gasteiger partial charge in [-0.15, -0.1) is 0 Å². The summed E-state index contributed by atoms with van der Waals surface area (Å²) in [4.78, 5) is 0. The molecule has 0 amide bonds. The van der Waals surface area contributed by atoms with Crippen molar-refractivity contribution < 1.29 is 4.39 Å². The molecule has 0 spiro atoms. The molecule has 0 aliphatic heterocycles. The Hall–Kier alpha value is -0.950. The van der Waals surface area contributed by atoms with Crippen LogP contribution in [0, 0.1) is 9.39 Å². The summed E-state index contributed by atoms with van der Waals surface area (Å²) in [6.07, 6.45) is 3.67. The summed E-state index contributed by atoms with van der Waals surface area (Å²) in [6.45, 7) is 0.960. The fraction of sp³-hybridized carbons (Fsp3) is 0.182. The molecule has 84 valence electrons. The van der Waals surface area contributed by atoms with Crippen LogP contribution in [-0.2, 0) is 13.1 Å². The minimum Gasteiger partial charge on any atom is -0.326 e. The highest BCUT2D eigenvalue weighted by atomic mass is 127. The van der Waals surface area contributed by atoms with E-state index < -0.39 is 0 Å². The fourth-order valence-corrected chi connectivity index (χ4v) is 1.99. The Morgan fingerprint density at radius 2 is 2.19 bits per heavy atom. The molecule has 16 heavy (non-hydrogen) atoms. The monoisotopic (exact) mass is 331 g/mol. The van der Waals surface area contributed by atoms with E-state index in [0.29, 0.717) is 13.1 Å². The molecular formula is C11H11FIN3. The number of nitrogens with zero attached hydrogens (tertiary/aromatic N) is 2. The molecule has 0 atom stereocenters. The predicted octanol–water partition coefficient (Wildman–Crippen LogP) is 2.13. The van der Waals surface area contributed by atoms with E-state index in [9.17, 15) is 4.39 Å². The van der Waals surface area contributed by atoms with Crippen LogP contribution in [0.3, 0.4) is 0 Å². The number of benzene rings is 1. The summed E-state index contributed by atoms with van der Waals surface area (Å²) in [7, 11) is 0. The van der Waals surface area contributed by atoms with E-state index in [1.54, 1.807) is 16.9 Å². The van der Waals surface area contributed by atoms with Crippen molar-refractivity contribution in [3.05, 3.63) is 51.1 Å². The van der Waals surface area contributed by atoms with E-state index in [-0.39, 0.29) is 5.82 Å². The average Bonchev–Trinajstić information content (AvgIpc) is 2.64. The summed E-state index contributed by atoms with van der Waals surface area (Å²) in [5, 5.41) is 4.16. The number of hydrogen-bond acceptors (Lipinski definition) is 2. The van der Waals surface area contributed by atoms with Crippen LogP contribution < -0.4 is 5.73 Å². The highest BCUT2D eigenvalue weighted by Crippen LogP contribution is 2.13. The lowest BCUT2D eigenvalue weighted by Crippen LogP contribution is -2.07. The third-order valence-corrected chi connectivity index (χ3v) is 2.88. The molecule has 3 nitrogen and oxygen atoms in total. The zero-order valence-electron chi connectivity index (χ0n) is 8.53. The maximum atomic E-state index is 13.1. The Balaban J connectivity index is 2.29. The van der Waals surface area contributed by atoms with Crippen LogP contribution >= 0.6 is 22.6 Å². The van der Waals surface area contributed by atoms with Gasteiger partial charge in [-0.25, -0.2) is 4.39 Å². The second-order valence-electron chi connectivity index (χ2n) is 3.47. The van der Waals surface area contributed by atoms with Gasteiger partial charge in [0, 0.05) is 12.7 Å². The van der Waals surface area contributed by atoms with Gasteiger partial charge in [-0.2, -0.15) is 5.10 Å². The molecule has 2 N–H and O–H groups in total. The molecule has 0 fully saturated rings. The maximum Gasteiger partial charge on any atom is 0.123 e. The molecule has 0 bridgehead atoms. The lowest BCUT2D eigenvalue weighted by Gasteiger charge is -2.07. The fourth-order valence-electron chi connectivity index (χ4n) is 1.54. The first-order valence-electron chi connectivity index (χ1n) is 4.84. The Labute approximate surface area is 107 Å². The molecule has 5 heteroatoms. The van der Waals surface area contributed by atoms with Crippen LogP contribution in [0.15, 0.2) is 30.6 Å². The molecule has 2 aromatic rings. The van der Waals surface area contributed by atoms with Gasteiger partial charge in [-0.05, 0) is 45.9 Å². The second kappa shape index (κ2) is 4.92. The first-order chi connectivity index (χ1) is 7.69. The predicted molar refractivity (Wildman–Crippen MR) is 68.3 cm³/mol. The van der Waals surface area contributed by atoms with Gasteiger partial charge in [-0.3, -0.25) is 4.68 Å². The molecule has 1 heterocycles. The third kappa shape index (κ3) is 2.59. The Morgan fingerprint density at radius 1 is 1.38 bits per heavy atom. The standard InChI is InChI=1S/C11H11FIN3/c12-10-2-1-8(4-14)9(3-10)6-16-7-11(13)5-15-16/h1-3,5,7H,4,6,14H2. The third-order valence-electron chi connectivity index (χ3n) is 2.32. The van der Waals surface area contributed by atoms with Crippen LogP contribution in [0.5, 0.6) is 0 Å². The summed E-state index contributed by atoms with van der Waals surface area (Å²) in [5.41, 5.74) is 7.43. The minimum absolute atomic E-state index is 0.242. The molecule has 0 radical (unpaired) electrons. The molecule has 0 aliphatic rings. The molecule has 1 aromatic carbocycles. The molecule has 0 unspecified atom stereocenters. The van der Waals surface area contributed by atoms with Crippen molar-refractivity contribution in [1.29, 1.82) is 0 Å². The van der Waals surface area contributed by atoms with Crippen molar-refractivity contribution >= 4 is 22.6 Å². The van der Waals surface area contributed by atoms with Crippen molar-refractivity contribution in [1.82, 2.24) is 9.78 Å². The Bertz CT molecular complexity index is 496. The molecule has 0 aliphatic carbocycles. The van der Waals surface area contributed by atoms with Crippen molar-refractivity contribution in [3.8, 4) is 0 Å². The highest BCUT2D eigenvalue weighted by molar-refractivity contribution is 14.1. The first-order valence-corrected chi connectivity index (χ1v) is 5.92. The lowest BCUT2D eigenvalue weighted by molar-refractivity contribution is 0.616. The summed E-state index contributed by atoms with van der Waals surface area (Å²) in [6, 6.07) is 4.66. The number of rotatable bonds is 3. The largest absolute Gasteiger partial charge is 0.326 e. The van der Waals surface area contributed by atoms with Crippen LogP contribution in [0.25, 0.3) is 0 Å². The zero-order valence-corrected chi connectivity index (χ0v) is 10.7. The van der Waals surface area contributed by atoms with Crippen LogP contribution in [0.4, 0.5) is 4.39 Å².